The van der Waals surface area contributed by atoms with Gasteiger partial charge in [0.2, 0.25) is 5.91 Å². The van der Waals surface area contributed by atoms with Crippen LogP contribution in [0, 0.1) is 0 Å². The third-order valence-corrected chi connectivity index (χ3v) is 5.99. The van der Waals surface area contributed by atoms with Crippen LogP contribution in [0.3, 0.4) is 0 Å². The van der Waals surface area contributed by atoms with Gasteiger partial charge in [0.05, 0.1) is 30.9 Å². The second kappa shape index (κ2) is 8.36. The van der Waals surface area contributed by atoms with Gasteiger partial charge in [-0.15, -0.1) is 5.10 Å². The van der Waals surface area contributed by atoms with Crippen molar-refractivity contribution in [3.63, 3.8) is 0 Å². The molecule has 1 atom stereocenters. The summed E-state index contributed by atoms with van der Waals surface area (Å²) in [6.45, 7) is 2.00. The van der Waals surface area contributed by atoms with Crippen LogP contribution in [0.15, 0.2) is 35.1 Å². The lowest BCUT2D eigenvalue weighted by Gasteiger charge is -2.32. The molecule has 0 spiro atoms. The van der Waals surface area contributed by atoms with Crippen molar-refractivity contribution in [3.8, 4) is 0 Å². The number of likely N-dealkylation sites (tertiary alicyclic amines) is 1. The molecule has 1 fully saturated rings. The summed E-state index contributed by atoms with van der Waals surface area (Å²) in [4.78, 5) is 29.9. The van der Waals surface area contributed by atoms with E-state index in [0.717, 1.165) is 40.5 Å². The molecule has 1 saturated heterocycles. The molecule has 1 aromatic carbocycles. The Balaban J connectivity index is 1.48. The topological polar surface area (TPSA) is 93.1 Å². The monoisotopic (exact) mass is 459 g/mol. The average Bonchev–Trinajstić information content (AvgIpc) is 3.41. The van der Waals surface area contributed by atoms with Crippen LogP contribution in [0.4, 0.5) is 0 Å². The van der Waals surface area contributed by atoms with Gasteiger partial charge >= 0.3 is 5.97 Å². The third-order valence-electron chi connectivity index (χ3n) is 5.36. The molecule has 3 aromatic rings. The van der Waals surface area contributed by atoms with Gasteiger partial charge in [-0.1, -0.05) is 5.21 Å². The fourth-order valence-electron chi connectivity index (χ4n) is 3.86. The van der Waals surface area contributed by atoms with Gasteiger partial charge in [-0.25, -0.2) is 4.79 Å². The van der Waals surface area contributed by atoms with Crippen LogP contribution in [0.1, 0.15) is 41.2 Å². The Morgan fingerprint density at radius 1 is 1.34 bits per heavy atom. The summed E-state index contributed by atoms with van der Waals surface area (Å²) < 4.78 is 7.32. The highest BCUT2D eigenvalue weighted by Crippen LogP contribution is 2.32. The summed E-state index contributed by atoms with van der Waals surface area (Å²) in [5.74, 6) is 0.00702. The Bertz CT molecular complexity index is 1030. The van der Waals surface area contributed by atoms with E-state index >= 15 is 0 Å². The molecule has 1 aliphatic heterocycles. The predicted octanol–water partition coefficient (Wildman–Crippen LogP) is 3.10. The van der Waals surface area contributed by atoms with E-state index in [2.05, 4.69) is 37.3 Å². The van der Waals surface area contributed by atoms with Crippen LogP contribution < -0.4 is 0 Å². The number of aromatic nitrogens is 4. The van der Waals surface area contributed by atoms with E-state index in [1.807, 2.05) is 11.0 Å². The van der Waals surface area contributed by atoms with E-state index < -0.39 is 0 Å². The molecule has 1 aliphatic rings. The molecule has 1 amide bonds. The standard InChI is InChI=1S/C20H22BrN5O3/c1-29-20(28)15-9-14-11-17(23-19(14)16(21)10-15)13-3-2-6-25(12-13)18(27)4-7-26-8-5-22-24-26/h5,8-11,13,23H,2-4,6-7,12H2,1H3/t13-/m1/s1. The number of benzene rings is 1. The number of rotatable bonds is 5. The number of ether oxygens (including phenoxy) is 1. The zero-order valence-corrected chi connectivity index (χ0v) is 17.7. The van der Waals surface area contributed by atoms with Crippen LogP contribution >= 0.6 is 15.9 Å². The Kier molecular flexibility index (Phi) is 5.66. The van der Waals surface area contributed by atoms with Gasteiger partial charge in [0.25, 0.3) is 0 Å². The smallest absolute Gasteiger partial charge is 0.337 e. The fraction of sp³-hybridized carbons (Fsp3) is 0.400. The maximum atomic E-state index is 12.6. The molecule has 3 heterocycles. The van der Waals surface area contributed by atoms with E-state index in [4.69, 9.17) is 4.74 Å². The van der Waals surface area contributed by atoms with Crippen molar-refractivity contribution >= 4 is 38.7 Å². The summed E-state index contributed by atoms with van der Waals surface area (Å²) in [7, 11) is 1.37. The number of aryl methyl sites for hydroxylation is 1. The molecule has 0 saturated carbocycles. The number of hydrogen-bond donors (Lipinski definition) is 1. The second-order valence-electron chi connectivity index (χ2n) is 7.23. The number of esters is 1. The van der Waals surface area contributed by atoms with Crippen molar-refractivity contribution in [1.29, 1.82) is 0 Å². The molecule has 9 heteroatoms. The minimum atomic E-state index is -0.364. The molecular weight excluding hydrogens is 438 g/mol. The van der Waals surface area contributed by atoms with Crippen LogP contribution in [0.25, 0.3) is 10.9 Å². The normalized spacial score (nSPS) is 16.9. The highest BCUT2D eigenvalue weighted by atomic mass is 79.9. The maximum Gasteiger partial charge on any atom is 0.337 e. The number of aromatic amines is 1. The zero-order valence-electron chi connectivity index (χ0n) is 16.1. The van der Waals surface area contributed by atoms with Gasteiger partial charge in [0.15, 0.2) is 0 Å². The van der Waals surface area contributed by atoms with Crippen LogP contribution in [0.2, 0.25) is 0 Å². The number of H-pyrrole nitrogens is 1. The second-order valence-corrected chi connectivity index (χ2v) is 8.09. The van der Waals surface area contributed by atoms with Crippen molar-refractivity contribution < 1.29 is 14.3 Å². The molecule has 152 valence electrons. The fourth-order valence-corrected chi connectivity index (χ4v) is 4.43. The number of fused-ring (bicyclic) bond motifs is 1. The molecule has 1 N–H and O–H groups in total. The van der Waals surface area contributed by atoms with E-state index in [-0.39, 0.29) is 17.8 Å². The molecule has 8 nitrogen and oxygen atoms in total. The first-order valence-electron chi connectivity index (χ1n) is 9.57. The summed E-state index contributed by atoms with van der Waals surface area (Å²) in [5, 5.41) is 8.62. The highest BCUT2D eigenvalue weighted by molar-refractivity contribution is 9.10. The first-order valence-corrected chi connectivity index (χ1v) is 10.4. The minimum absolute atomic E-state index is 0.135. The van der Waals surface area contributed by atoms with Crippen molar-refractivity contribution in [1.82, 2.24) is 24.9 Å². The first kappa shape index (κ1) is 19.6. The summed E-state index contributed by atoms with van der Waals surface area (Å²) in [6.07, 6.45) is 5.76. The lowest BCUT2D eigenvalue weighted by molar-refractivity contribution is -0.132. The number of methoxy groups -OCH3 is 1. The molecule has 2 aromatic heterocycles. The molecular formula is C20H22BrN5O3. The number of piperidine rings is 1. The SMILES string of the molecule is COC(=O)c1cc(Br)c2[nH]c([C@@H]3CCCN(C(=O)CCn4ccnn4)C3)cc2c1. The zero-order chi connectivity index (χ0) is 20.4. The molecule has 4 rings (SSSR count). The largest absolute Gasteiger partial charge is 0.465 e. The number of carbonyl (C=O) groups is 2. The van der Waals surface area contributed by atoms with Gasteiger partial charge in [-0.05, 0) is 47.0 Å². The summed E-state index contributed by atoms with van der Waals surface area (Å²) >= 11 is 3.54. The molecule has 0 bridgehead atoms. The van der Waals surface area contributed by atoms with Crippen LogP contribution in [0.5, 0.6) is 0 Å². The van der Waals surface area contributed by atoms with Crippen LogP contribution in [-0.2, 0) is 16.1 Å². The van der Waals surface area contributed by atoms with Gasteiger partial charge < -0.3 is 14.6 Å². The number of nitrogens with one attached hydrogen (secondary N) is 1. The van der Waals surface area contributed by atoms with Crippen molar-refractivity contribution in [3.05, 3.63) is 46.3 Å². The average molecular weight is 460 g/mol. The molecule has 29 heavy (non-hydrogen) atoms. The summed E-state index contributed by atoms with van der Waals surface area (Å²) in [5.41, 5.74) is 2.53. The lowest BCUT2D eigenvalue weighted by atomic mass is 9.94. The Morgan fingerprint density at radius 3 is 2.97 bits per heavy atom. The van der Waals surface area contributed by atoms with Crippen LogP contribution in [-0.4, -0.2) is 57.0 Å². The van der Waals surface area contributed by atoms with Crippen molar-refractivity contribution in [2.24, 2.45) is 0 Å². The number of nitrogens with zero attached hydrogens (tertiary/aromatic N) is 4. The minimum Gasteiger partial charge on any atom is -0.465 e. The van der Waals surface area contributed by atoms with Gasteiger partial charge in [0.1, 0.15) is 0 Å². The quantitative estimate of drug-likeness (QED) is 0.591. The van der Waals surface area contributed by atoms with Gasteiger partial charge in [-0.3, -0.25) is 9.48 Å². The highest BCUT2D eigenvalue weighted by Gasteiger charge is 2.26. The number of halogens is 1. The predicted molar refractivity (Wildman–Crippen MR) is 111 cm³/mol. The Morgan fingerprint density at radius 2 is 2.21 bits per heavy atom. The number of carbonyl (C=O) groups excluding carboxylic acids is 2. The Labute approximate surface area is 176 Å². The van der Waals surface area contributed by atoms with E-state index in [1.54, 1.807) is 23.1 Å². The Hall–Kier alpha value is -2.68. The molecule has 0 aliphatic carbocycles. The number of amides is 1. The van der Waals surface area contributed by atoms with E-state index in [9.17, 15) is 9.59 Å². The van der Waals surface area contributed by atoms with Crippen molar-refractivity contribution in [2.75, 3.05) is 20.2 Å². The molecule has 0 radical (unpaired) electrons. The third kappa shape index (κ3) is 4.19. The molecule has 0 unspecified atom stereocenters. The summed E-state index contributed by atoms with van der Waals surface area (Å²) in [6, 6.07) is 5.66. The van der Waals surface area contributed by atoms with Gasteiger partial charge in [-0.2, -0.15) is 0 Å². The first-order chi connectivity index (χ1) is 14.0. The number of hydrogen-bond acceptors (Lipinski definition) is 5. The van der Waals surface area contributed by atoms with Gasteiger partial charge in [0, 0.05) is 47.2 Å². The van der Waals surface area contributed by atoms with E-state index in [0.29, 0.717) is 25.1 Å². The van der Waals surface area contributed by atoms with Crippen molar-refractivity contribution in [2.45, 2.75) is 31.7 Å². The maximum absolute atomic E-state index is 12.6. The lowest BCUT2D eigenvalue weighted by Crippen LogP contribution is -2.39. The van der Waals surface area contributed by atoms with E-state index in [1.165, 1.54) is 7.11 Å².